The topological polar surface area (TPSA) is 56.3 Å². The van der Waals surface area contributed by atoms with Crippen LogP contribution in [0.4, 0.5) is 5.82 Å². The summed E-state index contributed by atoms with van der Waals surface area (Å²) in [4.78, 5) is 9.17. The molecule has 2 aromatic rings. The summed E-state index contributed by atoms with van der Waals surface area (Å²) in [5.74, 6) is 2.10. The minimum atomic E-state index is 0.429. The van der Waals surface area contributed by atoms with Gasteiger partial charge in [0.05, 0.1) is 28.5 Å². The third-order valence-electron chi connectivity index (χ3n) is 2.84. The lowest BCUT2D eigenvalue weighted by Gasteiger charge is -2.13. The summed E-state index contributed by atoms with van der Waals surface area (Å²) in [6, 6.07) is 5.75. The monoisotopic (exact) mass is 463 g/mol. The Hall–Kier alpha value is -0.930. The highest BCUT2D eigenvalue weighted by atomic mass is 127. The van der Waals surface area contributed by atoms with Gasteiger partial charge >= 0.3 is 0 Å². The van der Waals surface area contributed by atoms with E-state index in [1.807, 2.05) is 25.2 Å². The molecule has 5 nitrogen and oxygen atoms in total. The van der Waals surface area contributed by atoms with Gasteiger partial charge in [-0.3, -0.25) is 0 Å². The molecule has 0 radical (unpaired) electrons. The lowest BCUT2D eigenvalue weighted by molar-refractivity contribution is 0.181. The van der Waals surface area contributed by atoms with E-state index in [1.165, 1.54) is 0 Å². The average molecular weight is 464 g/mol. The van der Waals surface area contributed by atoms with E-state index >= 15 is 0 Å². The maximum Gasteiger partial charge on any atom is 0.165 e. The molecular formula is C14H15BrIN3O2. The molecule has 0 saturated carbocycles. The molecule has 0 saturated heterocycles. The SMILES string of the molecule is CNc1nc(-c2cc(Br)ccc2OC)nc(COC)c1I. The van der Waals surface area contributed by atoms with Gasteiger partial charge in [0.2, 0.25) is 0 Å². The van der Waals surface area contributed by atoms with Gasteiger partial charge in [-0.25, -0.2) is 9.97 Å². The number of aromatic nitrogens is 2. The van der Waals surface area contributed by atoms with Crippen LogP contribution in [-0.2, 0) is 11.3 Å². The first-order valence-corrected chi connectivity index (χ1v) is 8.05. The quantitative estimate of drug-likeness (QED) is 0.685. The molecule has 0 aliphatic rings. The van der Waals surface area contributed by atoms with E-state index in [0.717, 1.165) is 30.9 Å². The summed E-state index contributed by atoms with van der Waals surface area (Å²) in [6.07, 6.45) is 0. The Morgan fingerprint density at radius 1 is 1.29 bits per heavy atom. The van der Waals surface area contributed by atoms with Crippen molar-refractivity contribution in [3.8, 4) is 17.1 Å². The first-order valence-electron chi connectivity index (χ1n) is 6.17. The number of hydrogen-bond acceptors (Lipinski definition) is 5. The van der Waals surface area contributed by atoms with Crippen LogP contribution in [0.5, 0.6) is 5.75 Å². The van der Waals surface area contributed by atoms with E-state index in [2.05, 4.69) is 53.8 Å². The molecule has 0 aliphatic carbocycles. The van der Waals surface area contributed by atoms with E-state index in [4.69, 9.17) is 9.47 Å². The molecule has 1 aromatic carbocycles. The van der Waals surface area contributed by atoms with Crippen LogP contribution in [0.15, 0.2) is 22.7 Å². The maximum absolute atomic E-state index is 5.40. The van der Waals surface area contributed by atoms with E-state index in [-0.39, 0.29) is 0 Å². The summed E-state index contributed by atoms with van der Waals surface area (Å²) >= 11 is 5.69. The van der Waals surface area contributed by atoms with Crippen molar-refractivity contribution in [2.24, 2.45) is 0 Å². The maximum atomic E-state index is 5.40. The molecule has 0 amide bonds. The molecule has 1 heterocycles. The molecule has 0 bridgehead atoms. The van der Waals surface area contributed by atoms with Gasteiger partial charge < -0.3 is 14.8 Å². The fraction of sp³-hybridized carbons (Fsp3) is 0.286. The van der Waals surface area contributed by atoms with Crippen molar-refractivity contribution in [3.63, 3.8) is 0 Å². The molecular weight excluding hydrogens is 449 g/mol. The molecule has 0 atom stereocenters. The van der Waals surface area contributed by atoms with Crippen molar-refractivity contribution < 1.29 is 9.47 Å². The van der Waals surface area contributed by atoms with E-state index in [0.29, 0.717) is 12.4 Å². The normalized spacial score (nSPS) is 10.5. The molecule has 0 aliphatic heterocycles. The zero-order valence-corrected chi connectivity index (χ0v) is 15.6. The van der Waals surface area contributed by atoms with Crippen LogP contribution in [0.2, 0.25) is 0 Å². The van der Waals surface area contributed by atoms with Crippen molar-refractivity contribution in [2.75, 3.05) is 26.6 Å². The number of nitrogens with one attached hydrogen (secondary N) is 1. The van der Waals surface area contributed by atoms with Crippen molar-refractivity contribution in [1.82, 2.24) is 9.97 Å². The van der Waals surface area contributed by atoms with Crippen LogP contribution in [-0.4, -0.2) is 31.2 Å². The summed E-state index contributed by atoms with van der Waals surface area (Å²) < 4.78 is 12.5. The van der Waals surface area contributed by atoms with E-state index in [9.17, 15) is 0 Å². The lowest BCUT2D eigenvalue weighted by atomic mass is 10.2. The van der Waals surface area contributed by atoms with Gasteiger partial charge in [-0.05, 0) is 40.8 Å². The number of hydrogen-bond donors (Lipinski definition) is 1. The summed E-state index contributed by atoms with van der Waals surface area (Å²) in [6.45, 7) is 0.429. The number of rotatable bonds is 5. The van der Waals surface area contributed by atoms with E-state index in [1.54, 1.807) is 14.2 Å². The molecule has 0 spiro atoms. The zero-order valence-electron chi connectivity index (χ0n) is 11.9. The number of nitrogens with zero attached hydrogens (tertiary/aromatic N) is 2. The molecule has 7 heteroatoms. The highest BCUT2D eigenvalue weighted by molar-refractivity contribution is 14.1. The Kier molecular flexibility index (Phi) is 5.77. The van der Waals surface area contributed by atoms with Crippen LogP contribution >= 0.6 is 38.5 Å². The fourth-order valence-electron chi connectivity index (χ4n) is 1.87. The Labute approximate surface area is 145 Å². The molecule has 2 rings (SSSR count). The molecule has 1 aromatic heterocycles. The Morgan fingerprint density at radius 2 is 2.05 bits per heavy atom. The summed E-state index contributed by atoms with van der Waals surface area (Å²) in [7, 11) is 5.12. The molecule has 21 heavy (non-hydrogen) atoms. The van der Waals surface area contributed by atoms with Crippen molar-refractivity contribution in [1.29, 1.82) is 0 Å². The van der Waals surface area contributed by atoms with Crippen LogP contribution in [0, 0.1) is 3.57 Å². The number of ether oxygens (including phenoxy) is 2. The van der Waals surface area contributed by atoms with Crippen molar-refractivity contribution in [3.05, 3.63) is 31.9 Å². The first kappa shape index (κ1) is 16.4. The standard InChI is InChI=1S/C14H15BrIN3O2/c1-17-14-12(16)10(7-20-2)18-13(19-14)9-6-8(15)4-5-11(9)21-3/h4-6H,7H2,1-3H3,(H,17,18,19). The van der Waals surface area contributed by atoms with Crippen LogP contribution in [0.1, 0.15) is 5.69 Å². The predicted molar refractivity (Wildman–Crippen MR) is 94.7 cm³/mol. The Balaban J connectivity index is 2.63. The van der Waals surface area contributed by atoms with Gasteiger partial charge in [0.25, 0.3) is 0 Å². The second-order valence-corrected chi connectivity index (χ2v) is 6.18. The molecule has 1 N–H and O–H groups in total. The number of methoxy groups -OCH3 is 2. The van der Waals surface area contributed by atoms with Gasteiger partial charge in [0.15, 0.2) is 5.82 Å². The number of benzene rings is 1. The Morgan fingerprint density at radius 3 is 2.67 bits per heavy atom. The average Bonchev–Trinajstić information content (AvgIpc) is 2.49. The summed E-state index contributed by atoms with van der Waals surface area (Å²) in [5.41, 5.74) is 1.67. The molecule has 0 unspecified atom stereocenters. The van der Waals surface area contributed by atoms with Gasteiger partial charge in [-0.1, -0.05) is 15.9 Å². The zero-order chi connectivity index (χ0) is 15.4. The van der Waals surface area contributed by atoms with Crippen LogP contribution < -0.4 is 10.1 Å². The largest absolute Gasteiger partial charge is 0.496 e. The van der Waals surface area contributed by atoms with Crippen LogP contribution in [0.3, 0.4) is 0 Å². The van der Waals surface area contributed by atoms with Gasteiger partial charge in [0.1, 0.15) is 11.6 Å². The highest BCUT2D eigenvalue weighted by Gasteiger charge is 2.15. The number of halogens is 2. The second kappa shape index (κ2) is 7.37. The fourth-order valence-corrected chi connectivity index (χ4v) is 2.89. The van der Waals surface area contributed by atoms with Crippen molar-refractivity contribution in [2.45, 2.75) is 6.61 Å². The smallest absolute Gasteiger partial charge is 0.165 e. The van der Waals surface area contributed by atoms with Gasteiger partial charge in [0, 0.05) is 18.6 Å². The van der Waals surface area contributed by atoms with E-state index < -0.39 is 0 Å². The first-order chi connectivity index (χ1) is 10.1. The lowest BCUT2D eigenvalue weighted by Crippen LogP contribution is -2.06. The number of anilines is 1. The van der Waals surface area contributed by atoms with Gasteiger partial charge in [-0.15, -0.1) is 0 Å². The van der Waals surface area contributed by atoms with Gasteiger partial charge in [-0.2, -0.15) is 0 Å². The molecule has 0 fully saturated rings. The summed E-state index contributed by atoms with van der Waals surface area (Å²) in [5, 5.41) is 3.09. The third kappa shape index (κ3) is 3.64. The predicted octanol–water partition coefficient (Wildman–Crippen LogP) is 3.71. The van der Waals surface area contributed by atoms with Crippen molar-refractivity contribution >= 4 is 44.3 Å². The third-order valence-corrected chi connectivity index (χ3v) is 4.47. The second-order valence-electron chi connectivity index (χ2n) is 4.18. The minimum absolute atomic E-state index is 0.429. The minimum Gasteiger partial charge on any atom is -0.496 e. The highest BCUT2D eigenvalue weighted by Crippen LogP contribution is 2.32. The molecule has 112 valence electrons. The van der Waals surface area contributed by atoms with Crippen LogP contribution in [0.25, 0.3) is 11.4 Å². The Bertz CT molecular complexity index is 652.